The topological polar surface area (TPSA) is 43.1 Å². The molecule has 15 heavy (non-hydrogen) atoms. The number of Topliss-reactive ketones (excluding diaryl/α,β-unsaturated/α-hetero) is 1. The molecule has 0 atom stereocenters. The van der Waals surface area contributed by atoms with Gasteiger partial charge in [-0.15, -0.1) is 0 Å². The summed E-state index contributed by atoms with van der Waals surface area (Å²) in [4.78, 5) is 11.3. The lowest BCUT2D eigenvalue weighted by Crippen LogP contribution is -2.33. The van der Waals surface area contributed by atoms with E-state index < -0.39 is 0 Å². The molecule has 0 spiro atoms. The van der Waals surface area contributed by atoms with Gasteiger partial charge in [-0.25, -0.2) is 0 Å². The highest BCUT2D eigenvalue weighted by Crippen LogP contribution is 2.09. The number of carbonyl (C=O) groups excluding carboxylic acids is 1. The summed E-state index contributed by atoms with van der Waals surface area (Å²) in [6.45, 7) is 1.03. The molecular formula is C12H19N2O+. The van der Waals surface area contributed by atoms with Crippen LogP contribution in [0.3, 0.4) is 0 Å². The van der Waals surface area contributed by atoms with Crippen molar-refractivity contribution in [2.75, 3.05) is 27.7 Å². The molecule has 0 saturated carbocycles. The first-order valence-electron chi connectivity index (χ1n) is 5.05. The van der Waals surface area contributed by atoms with Crippen LogP contribution in [0.2, 0.25) is 0 Å². The fourth-order valence-corrected chi connectivity index (χ4v) is 1.46. The van der Waals surface area contributed by atoms with Crippen molar-refractivity contribution in [3.8, 4) is 0 Å². The van der Waals surface area contributed by atoms with Crippen LogP contribution in [0.15, 0.2) is 24.3 Å². The minimum absolute atomic E-state index is 0.00759. The summed E-state index contributed by atoms with van der Waals surface area (Å²) in [6.07, 6.45) is 0. The zero-order valence-electron chi connectivity index (χ0n) is 9.66. The highest BCUT2D eigenvalue weighted by Gasteiger charge is 2.09. The van der Waals surface area contributed by atoms with Crippen molar-refractivity contribution < 1.29 is 9.28 Å². The number of rotatable bonds is 4. The van der Waals surface area contributed by atoms with E-state index in [2.05, 4.69) is 21.1 Å². The van der Waals surface area contributed by atoms with E-state index in [4.69, 9.17) is 5.73 Å². The molecule has 2 N–H and O–H groups in total. The van der Waals surface area contributed by atoms with Crippen LogP contribution in [0, 0.1) is 0 Å². The summed E-state index contributed by atoms with van der Waals surface area (Å²) >= 11 is 0. The molecule has 1 rings (SSSR count). The highest BCUT2D eigenvalue weighted by atomic mass is 16.1. The molecule has 82 valence electrons. The second-order valence-corrected chi connectivity index (χ2v) is 4.77. The zero-order chi connectivity index (χ0) is 11.5. The average Bonchev–Trinajstić information content (AvgIpc) is 2.15. The summed E-state index contributed by atoms with van der Waals surface area (Å²) in [6, 6.07) is 7.68. The Morgan fingerprint density at radius 1 is 1.20 bits per heavy atom. The smallest absolute Gasteiger partial charge is 0.176 e. The number of ketones is 1. The van der Waals surface area contributed by atoms with Crippen molar-refractivity contribution in [2.45, 2.75) is 6.54 Å². The van der Waals surface area contributed by atoms with E-state index in [9.17, 15) is 4.79 Å². The van der Waals surface area contributed by atoms with Crippen LogP contribution in [0.25, 0.3) is 0 Å². The molecule has 0 aliphatic carbocycles. The van der Waals surface area contributed by atoms with Crippen LogP contribution in [0.1, 0.15) is 15.9 Å². The van der Waals surface area contributed by atoms with E-state index in [0.29, 0.717) is 5.56 Å². The highest BCUT2D eigenvalue weighted by molar-refractivity contribution is 5.97. The van der Waals surface area contributed by atoms with Gasteiger partial charge in [-0.1, -0.05) is 24.3 Å². The first kappa shape index (κ1) is 11.9. The largest absolute Gasteiger partial charge is 0.327 e. The molecule has 0 fully saturated rings. The molecular weight excluding hydrogens is 188 g/mol. The summed E-state index contributed by atoms with van der Waals surface area (Å²) < 4.78 is 0.879. The normalized spacial score (nSPS) is 11.5. The van der Waals surface area contributed by atoms with Gasteiger partial charge in [0, 0.05) is 11.1 Å². The third-order valence-electron chi connectivity index (χ3n) is 2.12. The van der Waals surface area contributed by atoms with Crippen LogP contribution in [-0.2, 0) is 6.54 Å². The molecule has 3 heteroatoms. The van der Waals surface area contributed by atoms with Gasteiger partial charge in [-0.3, -0.25) is 4.79 Å². The van der Waals surface area contributed by atoms with Gasteiger partial charge in [0.2, 0.25) is 0 Å². The minimum Gasteiger partial charge on any atom is -0.327 e. The van der Waals surface area contributed by atoms with Crippen LogP contribution < -0.4 is 5.73 Å². The Balaban J connectivity index is 2.77. The average molecular weight is 207 g/mol. The lowest BCUT2D eigenvalue weighted by Gasteiger charge is -2.23. The van der Waals surface area contributed by atoms with Gasteiger partial charge in [0.05, 0.1) is 27.7 Å². The van der Waals surface area contributed by atoms with Crippen molar-refractivity contribution in [2.24, 2.45) is 5.73 Å². The van der Waals surface area contributed by atoms with E-state index in [1.165, 1.54) is 5.56 Å². The van der Waals surface area contributed by atoms with Gasteiger partial charge < -0.3 is 10.2 Å². The van der Waals surface area contributed by atoms with Gasteiger partial charge >= 0.3 is 0 Å². The molecule has 1 aromatic carbocycles. The molecule has 0 aromatic heterocycles. The number of benzene rings is 1. The summed E-state index contributed by atoms with van der Waals surface area (Å²) in [5.41, 5.74) is 7.22. The lowest BCUT2D eigenvalue weighted by atomic mass is 10.1. The van der Waals surface area contributed by atoms with E-state index in [-0.39, 0.29) is 12.3 Å². The molecule has 0 aliphatic heterocycles. The monoisotopic (exact) mass is 207 g/mol. The molecule has 0 radical (unpaired) electrons. The van der Waals surface area contributed by atoms with Crippen molar-refractivity contribution in [1.29, 1.82) is 0 Å². The molecule has 0 unspecified atom stereocenters. The number of carbonyl (C=O) groups is 1. The molecule has 0 aliphatic rings. The second kappa shape index (κ2) is 4.55. The maximum Gasteiger partial charge on any atom is 0.176 e. The molecule has 0 amide bonds. The Morgan fingerprint density at radius 2 is 1.73 bits per heavy atom. The van der Waals surface area contributed by atoms with Crippen LogP contribution >= 0.6 is 0 Å². The van der Waals surface area contributed by atoms with Crippen molar-refractivity contribution >= 4 is 5.78 Å². The molecule has 0 saturated heterocycles. The van der Waals surface area contributed by atoms with Gasteiger partial charge in [0.25, 0.3) is 0 Å². The Kier molecular flexibility index (Phi) is 3.61. The van der Waals surface area contributed by atoms with E-state index in [1.807, 2.05) is 24.3 Å². The van der Waals surface area contributed by atoms with Gasteiger partial charge in [0.15, 0.2) is 5.78 Å². The maximum absolute atomic E-state index is 11.3. The van der Waals surface area contributed by atoms with Crippen LogP contribution in [0.4, 0.5) is 0 Å². The molecule has 0 heterocycles. The van der Waals surface area contributed by atoms with Crippen molar-refractivity contribution in [3.63, 3.8) is 0 Å². The van der Waals surface area contributed by atoms with E-state index in [1.54, 1.807) is 0 Å². The Hall–Kier alpha value is -1.19. The van der Waals surface area contributed by atoms with E-state index in [0.717, 1.165) is 11.0 Å². The predicted octanol–water partition coefficient (Wildman–Crippen LogP) is 1.03. The van der Waals surface area contributed by atoms with Crippen LogP contribution in [0.5, 0.6) is 0 Å². The fraction of sp³-hybridized carbons (Fsp3) is 0.417. The first-order valence-corrected chi connectivity index (χ1v) is 5.05. The number of hydrogen-bond donors (Lipinski definition) is 1. The standard InChI is InChI=1S/C12H19N2O/c1-14(2,3)9-10-4-6-11(7-5-10)12(15)8-13/h4-7H,8-9,13H2,1-3H3/q+1. The quantitative estimate of drug-likeness (QED) is 0.592. The number of nitrogens with two attached hydrogens (primary N) is 1. The van der Waals surface area contributed by atoms with Gasteiger partial charge in [0.1, 0.15) is 6.54 Å². The number of hydrogen-bond acceptors (Lipinski definition) is 2. The summed E-state index contributed by atoms with van der Waals surface area (Å²) in [5, 5.41) is 0. The van der Waals surface area contributed by atoms with Crippen LogP contribution in [-0.4, -0.2) is 38.0 Å². The summed E-state index contributed by atoms with van der Waals surface area (Å²) in [5.74, 6) is -0.00759. The third kappa shape index (κ3) is 3.81. The number of quaternary nitrogens is 1. The molecule has 3 nitrogen and oxygen atoms in total. The van der Waals surface area contributed by atoms with Crippen molar-refractivity contribution in [1.82, 2.24) is 0 Å². The predicted molar refractivity (Wildman–Crippen MR) is 61.6 cm³/mol. The zero-order valence-corrected chi connectivity index (χ0v) is 9.66. The lowest BCUT2D eigenvalue weighted by molar-refractivity contribution is -0.884. The molecule has 0 bridgehead atoms. The SMILES string of the molecule is C[N+](C)(C)Cc1ccc(C(=O)CN)cc1. The first-order chi connectivity index (χ1) is 6.92. The fourth-order valence-electron chi connectivity index (χ4n) is 1.46. The van der Waals surface area contributed by atoms with E-state index >= 15 is 0 Å². The van der Waals surface area contributed by atoms with Gasteiger partial charge in [-0.05, 0) is 0 Å². The van der Waals surface area contributed by atoms with Gasteiger partial charge in [-0.2, -0.15) is 0 Å². The Morgan fingerprint density at radius 3 is 2.13 bits per heavy atom. The molecule has 1 aromatic rings. The number of nitrogens with zero attached hydrogens (tertiary/aromatic N) is 1. The Bertz CT molecular complexity index is 336. The minimum atomic E-state index is -0.00759. The Labute approximate surface area is 91.1 Å². The van der Waals surface area contributed by atoms with Crippen molar-refractivity contribution in [3.05, 3.63) is 35.4 Å². The maximum atomic E-state index is 11.3. The third-order valence-corrected chi connectivity index (χ3v) is 2.12. The summed E-state index contributed by atoms with van der Waals surface area (Å²) in [7, 11) is 6.41. The second-order valence-electron chi connectivity index (χ2n) is 4.77.